The van der Waals surface area contributed by atoms with Crippen molar-refractivity contribution in [3.8, 4) is 0 Å². The zero-order chi connectivity index (χ0) is 22.0. The van der Waals surface area contributed by atoms with Crippen LogP contribution >= 0.6 is 0 Å². The van der Waals surface area contributed by atoms with Crippen LogP contribution in [0.1, 0.15) is 54.4 Å². The van der Waals surface area contributed by atoms with E-state index in [1.54, 1.807) is 0 Å². The molecule has 0 aliphatic carbocycles. The molecule has 0 spiro atoms. The van der Waals surface area contributed by atoms with Crippen molar-refractivity contribution in [1.29, 1.82) is 0 Å². The topological polar surface area (TPSA) is 61.8 Å². The number of rotatable bonds is 6. The summed E-state index contributed by atoms with van der Waals surface area (Å²) in [7, 11) is -4.33. The van der Waals surface area contributed by atoms with E-state index in [2.05, 4.69) is 67.7 Å². The van der Waals surface area contributed by atoms with Gasteiger partial charge in [-0.3, -0.25) is 9.59 Å². The maximum Gasteiger partial charge on any atom is 0.295 e. The van der Waals surface area contributed by atoms with E-state index in [4.69, 9.17) is 13.6 Å². The third kappa shape index (κ3) is 6.85. The van der Waals surface area contributed by atoms with Crippen molar-refractivity contribution in [3.05, 3.63) is 12.2 Å². The van der Waals surface area contributed by atoms with Gasteiger partial charge in [0.15, 0.2) is 0 Å². The molecule has 0 aromatic heterocycles. The van der Waals surface area contributed by atoms with Crippen LogP contribution in [-0.2, 0) is 23.2 Å². The van der Waals surface area contributed by atoms with Crippen molar-refractivity contribution in [1.82, 2.24) is 0 Å². The van der Waals surface area contributed by atoms with Crippen molar-refractivity contribution >= 4 is 28.6 Å². The van der Waals surface area contributed by atoms with E-state index < -0.39 is 16.6 Å². The Kier molecular flexibility index (Phi) is 7.92. The summed E-state index contributed by atoms with van der Waals surface area (Å²) in [4.78, 5) is 25.1. The number of carbonyl (C=O) groups excluding carboxylic acids is 2. The SMILES string of the molecule is CC(C)(C)[Si](C)(C)OC(=O)C[C@@H]1OCC=C[C@H]1CC(=O)O[Si](C)(C)C(C)(C)C. The highest BCUT2D eigenvalue weighted by Crippen LogP contribution is 2.38. The van der Waals surface area contributed by atoms with Gasteiger partial charge in [-0.25, -0.2) is 0 Å². The predicted molar refractivity (Wildman–Crippen MR) is 118 cm³/mol. The Bertz CT molecular complexity index is 597. The fourth-order valence-corrected chi connectivity index (χ4v) is 4.30. The van der Waals surface area contributed by atoms with Gasteiger partial charge in [0.25, 0.3) is 28.6 Å². The molecule has 0 fully saturated rings. The Hall–Kier alpha value is -0.926. The van der Waals surface area contributed by atoms with Crippen LogP contribution in [-0.4, -0.2) is 41.3 Å². The number of ether oxygens (including phenoxy) is 1. The van der Waals surface area contributed by atoms with E-state index in [1.165, 1.54) is 0 Å². The van der Waals surface area contributed by atoms with Crippen molar-refractivity contribution < 1.29 is 23.2 Å². The summed E-state index contributed by atoms with van der Waals surface area (Å²) in [5.41, 5.74) is 0. The molecule has 0 N–H and O–H groups in total. The molecule has 0 unspecified atom stereocenters. The van der Waals surface area contributed by atoms with Gasteiger partial charge in [0.05, 0.1) is 25.6 Å². The summed E-state index contributed by atoms with van der Waals surface area (Å²) in [6.07, 6.45) is 3.91. The molecule has 28 heavy (non-hydrogen) atoms. The van der Waals surface area contributed by atoms with E-state index in [1.807, 2.05) is 12.2 Å². The van der Waals surface area contributed by atoms with Crippen LogP contribution in [0.3, 0.4) is 0 Å². The minimum atomic E-state index is -2.17. The molecule has 162 valence electrons. The summed E-state index contributed by atoms with van der Waals surface area (Å²) < 4.78 is 17.5. The van der Waals surface area contributed by atoms with Crippen LogP contribution in [0.2, 0.25) is 36.3 Å². The number of hydrogen-bond acceptors (Lipinski definition) is 5. The zero-order valence-corrected chi connectivity index (χ0v) is 21.5. The maximum atomic E-state index is 12.6. The molecule has 2 atom stereocenters. The third-order valence-electron chi connectivity index (χ3n) is 6.39. The van der Waals surface area contributed by atoms with Crippen LogP contribution in [0.15, 0.2) is 12.2 Å². The first-order valence-corrected chi connectivity index (χ1v) is 16.0. The highest BCUT2D eigenvalue weighted by Gasteiger charge is 2.42. The average Bonchev–Trinajstić information content (AvgIpc) is 2.45. The molecule has 5 nitrogen and oxygen atoms in total. The van der Waals surface area contributed by atoms with Crippen LogP contribution in [0.5, 0.6) is 0 Å². The molecule has 1 rings (SSSR count). The minimum absolute atomic E-state index is 0.0338. The zero-order valence-electron chi connectivity index (χ0n) is 19.5. The molecule has 0 aromatic rings. The molecule has 7 heteroatoms. The molecular formula is C21H40O5Si2. The lowest BCUT2D eigenvalue weighted by molar-refractivity contribution is -0.143. The van der Waals surface area contributed by atoms with Crippen LogP contribution in [0, 0.1) is 5.92 Å². The molecule has 0 radical (unpaired) electrons. The van der Waals surface area contributed by atoms with Gasteiger partial charge >= 0.3 is 0 Å². The second-order valence-corrected chi connectivity index (χ2v) is 20.3. The second-order valence-electron chi connectivity index (χ2n) is 10.8. The van der Waals surface area contributed by atoms with Gasteiger partial charge in [0.2, 0.25) is 0 Å². The van der Waals surface area contributed by atoms with Crippen LogP contribution in [0.4, 0.5) is 0 Å². The third-order valence-corrected chi connectivity index (χ3v) is 15.1. The van der Waals surface area contributed by atoms with Crippen LogP contribution < -0.4 is 0 Å². The van der Waals surface area contributed by atoms with Gasteiger partial charge in [-0.1, -0.05) is 53.7 Å². The van der Waals surface area contributed by atoms with Gasteiger partial charge in [-0.2, -0.15) is 0 Å². The average molecular weight is 429 g/mol. The summed E-state index contributed by atoms with van der Waals surface area (Å²) >= 11 is 0. The van der Waals surface area contributed by atoms with Crippen molar-refractivity contribution in [2.75, 3.05) is 6.61 Å². The normalized spacial score (nSPS) is 21.4. The van der Waals surface area contributed by atoms with Crippen molar-refractivity contribution in [2.45, 2.75) is 96.8 Å². The Balaban J connectivity index is 2.74. The Morgan fingerprint density at radius 2 is 1.32 bits per heavy atom. The predicted octanol–water partition coefficient (Wildman–Crippen LogP) is 5.43. The van der Waals surface area contributed by atoms with Gasteiger partial charge in [0.1, 0.15) is 0 Å². The maximum absolute atomic E-state index is 12.6. The van der Waals surface area contributed by atoms with Crippen molar-refractivity contribution in [3.63, 3.8) is 0 Å². The lowest BCUT2D eigenvalue weighted by Crippen LogP contribution is -2.44. The van der Waals surface area contributed by atoms with Gasteiger partial charge in [-0.05, 0) is 36.3 Å². The summed E-state index contributed by atoms with van der Waals surface area (Å²) in [6.45, 7) is 21.3. The highest BCUT2D eigenvalue weighted by molar-refractivity contribution is 6.75. The van der Waals surface area contributed by atoms with Crippen LogP contribution in [0.25, 0.3) is 0 Å². The molecule has 1 aliphatic rings. The Labute approximate surface area is 173 Å². The van der Waals surface area contributed by atoms with Gasteiger partial charge in [0, 0.05) is 5.92 Å². The molecule has 0 aromatic carbocycles. The first-order chi connectivity index (χ1) is 12.5. The smallest absolute Gasteiger partial charge is 0.295 e. The lowest BCUT2D eigenvalue weighted by Gasteiger charge is -2.37. The second kappa shape index (κ2) is 8.84. The van der Waals surface area contributed by atoms with E-state index in [0.29, 0.717) is 6.61 Å². The standard InChI is InChI=1S/C21H40O5Si2/c1-20(2,3)27(7,8)25-18(22)14-16-12-11-13-24-17(16)15-19(23)26-28(9,10)21(4,5)6/h11-12,16-17H,13-15H2,1-10H3/t16-,17-/m0/s1. The molecule has 0 amide bonds. The van der Waals surface area contributed by atoms with Gasteiger partial charge in [-0.15, -0.1) is 0 Å². The summed E-state index contributed by atoms with van der Waals surface area (Å²) in [5, 5.41) is -0.0731. The van der Waals surface area contributed by atoms with E-state index >= 15 is 0 Å². The van der Waals surface area contributed by atoms with E-state index in [9.17, 15) is 9.59 Å². The van der Waals surface area contributed by atoms with Crippen molar-refractivity contribution in [2.24, 2.45) is 5.92 Å². The fraction of sp³-hybridized carbons (Fsp3) is 0.810. The minimum Gasteiger partial charge on any atom is -0.519 e. The lowest BCUT2D eigenvalue weighted by atomic mass is 9.94. The first-order valence-electron chi connectivity index (χ1n) is 10.2. The molecule has 0 bridgehead atoms. The quantitative estimate of drug-likeness (QED) is 0.417. The van der Waals surface area contributed by atoms with E-state index in [0.717, 1.165) is 0 Å². The number of carbonyl (C=O) groups is 2. The summed E-state index contributed by atoms with van der Waals surface area (Å²) in [6, 6.07) is 0. The Morgan fingerprint density at radius 3 is 1.75 bits per heavy atom. The fourth-order valence-electron chi connectivity index (χ4n) is 2.38. The van der Waals surface area contributed by atoms with Gasteiger partial charge < -0.3 is 13.6 Å². The summed E-state index contributed by atoms with van der Waals surface area (Å²) in [5.74, 6) is -0.623. The molecule has 1 heterocycles. The number of hydrogen-bond donors (Lipinski definition) is 0. The highest BCUT2D eigenvalue weighted by atomic mass is 28.4. The molecule has 0 saturated carbocycles. The molecular weight excluding hydrogens is 388 g/mol. The monoisotopic (exact) mass is 428 g/mol. The Morgan fingerprint density at radius 1 is 0.893 bits per heavy atom. The molecule has 1 aliphatic heterocycles. The first kappa shape index (κ1) is 25.1. The van der Waals surface area contributed by atoms with E-state index in [-0.39, 0.29) is 46.9 Å². The largest absolute Gasteiger partial charge is 0.519 e. The molecule has 0 saturated heterocycles.